The molecular formula is C55H65N3O7S2. The van der Waals surface area contributed by atoms with Gasteiger partial charge in [-0.05, 0) is 139 Å². The fourth-order valence-corrected chi connectivity index (χ4v) is 14.9. The SMILES string of the molecule is NC(N)c1cc2c3cc1CSSC[C@]14CC[C@H](CCC[C@H](O)C5CCCC5)[C@](/C=C\C(=O)CCc5ccc(O)c(c5)OCCc5ccc(O)c(c5)[C@@H]3CC(=O)c3cc[nH]c3CC#C2)(C[C@@H]1O)C4. The number of ether oxygens (including phenoxy) is 1. The molecule has 4 aromatic rings. The summed E-state index contributed by atoms with van der Waals surface area (Å²) < 4.78 is 6.17. The summed E-state index contributed by atoms with van der Waals surface area (Å²) in [6, 6.07) is 16.5. The van der Waals surface area contributed by atoms with Crippen LogP contribution in [0.15, 0.2) is 72.9 Å². The van der Waals surface area contributed by atoms with Crippen LogP contribution >= 0.6 is 21.6 Å². The molecule has 67 heavy (non-hydrogen) atoms. The number of aromatic hydroxyl groups is 2. The lowest BCUT2D eigenvalue weighted by Crippen LogP contribution is -2.38. The highest BCUT2D eigenvalue weighted by Gasteiger charge is 2.58. The molecule has 3 aromatic carbocycles. The Bertz CT molecular complexity index is 2560. The molecule has 2 heterocycles. The number of benzene rings is 3. The highest BCUT2D eigenvalue weighted by Crippen LogP contribution is 2.64. The van der Waals surface area contributed by atoms with Crippen molar-refractivity contribution in [2.75, 3.05) is 12.4 Å². The van der Waals surface area contributed by atoms with Crippen molar-refractivity contribution in [3.63, 3.8) is 0 Å². The maximum absolute atomic E-state index is 14.2. The van der Waals surface area contributed by atoms with Gasteiger partial charge in [0.25, 0.3) is 0 Å². The van der Waals surface area contributed by atoms with Gasteiger partial charge < -0.3 is 41.6 Å². The van der Waals surface area contributed by atoms with E-state index in [4.69, 9.17) is 16.2 Å². The minimum absolute atomic E-state index is 0.00533. The van der Waals surface area contributed by atoms with Crippen LogP contribution in [0.5, 0.6) is 17.2 Å². The Morgan fingerprint density at radius 3 is 2.55 bits per heavy atom. The monoisotopic (exact) mass is 943 g/mol. The summed E-state index contributed by atoms with van der Waals surface area (Å²) in [5, 5.41) is 45.5. The Labute approximate surface area is 402 Å². The molecule has 1 aliphatic heterocycles. The van der Waals surface area contributed by atoms with Crippen molar-refractivity contribution >= 4 is 33.2 Å². The van der Waals surface area contributed by atoms with Gasteiger partial charge in [-0.25, -0.2) is 0 Å². The molecule has 0 unspecified atom stereocenters. The van der Waals surface area contributed by atoms with Gasteiger partial charge >= 0.3 is 0 Å². The van der Waals surface area contributed by atoms with E-state index in [1.807, 2.05) is 24.3 Å². The number of carbonyl (C=O) groups is 2. The van der Waals surface area contributed by atoms with Gasteiger partial charge in [0.2, 0.25) is 0 Å². The van der Waals surface area contributed by atoms with Gasteiger partial charge in [0.05, 0.1) is 31.4 Å². The normalized spacial score (nSPS) is 26.9. The number of Topliss-reactive ketones (excluding diaryl/α,β-unsaturated/α-hetero) is 1. The highest BCUT2D eigenvalue weighted by molar-refractivity contribution is 8.76. The zero-order valence-electron chi connectivity index (χ0n) is 38.3. The molecule has 354 valence electrons. The number of fused-ring (bicyclic) bond motifs is 7. The molecule has 9 rings (SSSR count). The van der Waals surface area contributed by atoms with Crippen LogP contribution in [0.25, 0.3) is 0 Å². The summed E-state index contributed by atoms with van der Waals surface area (Å²) in [4.78, 5) is 31.1. The number of phenols is 2. The fourth-order valence-electron chi connectivity index (χ4n) is 12.1. The topological polar surface area (TPSA) is 192 Å². The molecule has 6 atom stereocenters. The van der Waals surface area contributed by atoms with Gasteiger partial charge in [-0.1, -0.05) is 83.0 Å². The minimum atomic E-state index is -0.786. The van der Waals surface area contributed by atoms with Gasteiger partial charge in [-0.15, -0.1) is 0 Å². The molecule has 9 N–H and O–H groups in total. The molecule has 5 aliphatic rings. The Morgan fingerprint density at radius 1 is 0.925 bits per heavy atom. The van der Waals surface area contributed by atoms with Crippen LogP contribution in [-0.4, -0.2) is 61.5 Å². The lowest BCUT2D eigenvalue weighted by Gasteiger charge is -2.44. The first-order valence-corrected chi connectivity index (χ1v) is 26.8. The molecule has 1 aromatic heterocycles. The number of hydrogen-bond acceptors (Lipinski definition) is 11. The molecule has 0 amide bonds. The van der Waals surface area contributed by atoms with Gasteiger partial charge in [0, 0.05) is 70.7 Å². The first-order valence-electron chi connectivity index (χ1n) is 24.4. The first-order chi connectivity index (χ1) is 32.4. The Balaban J connectivity index is 1.06. The molecule has 0 radical (unpaired) electrons. The molecule has 0 saturated heterocycles. The number of ketones is 2. The van der Waals surface area contributed by atoms with E-state index < -0.39 is 18.2 Å². The van der Waals surface area contributed by atoms with E-state index >= 15 is 0 Å². The standard InChI is InChI=1S/C55H65N3O7S2/c56-53(57)43-27-37-7-3-9-46-41(19-23-58-46)50(63)29-44-42(37)28-38(43)31-66-67-33-55-21-17-39(8-4-10-47(60)36-5-1-2-6-36)54(32-55,30-52(55)64)22-18-40(59)14-11-34-13-16-49(62)51(26-34)65-24-20-35-12-15-48(61)45(44)25-35/h12-13,15-16,18-19,22-23,25-28,36,39,44,47,52-53,58,60-62,64H,1-2,4-6,8-11,14,17,20-21,24,29-33,56-57H2/b22-18-/t39-,44+,47-,52-,54+,55+/m0/s1. The van der Waals surface area contributed by atoms with Gasteiger partial charge in [-0.2, -0.15) is 0 Å². The van der Waals surface area contributed by atoms with Crippen molar-refractivity contribution in [2.24, 2.45) is 34.1 Å². The second-order valence-electron chi connectivity index (χ2n) is 20.1. The van der Waals surface area contributed by atoms with Gasteiger partial charge in [0.15, 0.2) is 23.1 Å². The molecule has 12 heteroatoms. The number of aromatic nitrogens is 1. The van der Waals surface area contributed by atoms with Gasteiger partial charge in [0.1, 0.15) is 5.75 Å². The third-order valence-corrected chi connectivity index (χ3v) is 18.4. The summed E-state index contributed by atoms with van der Waals surface area (Å²) in [6.07, 6.45) is 16.3. The van der Waals surface area contributed by atoms with Crippen LogP contribution in [-0.2, 0) is 29.8 Å². The fraction of sp³-hybridized carbons (Fsp3) is 0.491. The van der Waals surface area contributed by atoms with Crippen LogP contribution in [0.1, 0.15) is 151 Å². The molecule has 3 saturated carbocycles. The number of aliphatic hydroxyl groups excluding tert-OH is 2. The minimum Gasteiger partial charge on any atom is -0.508 e. The quantitative estimate of drug-likeness (QED) is 0.0554. The molecule has 4 aliphatic carbocycles. The van der Waals surface area contributed by atoms with Crippen LogP contribution < -0.4 is 16.2 Å². The van der Waals surface area contributed by atoms with Crippen LogP contribution in [0.3, 0.4) is 0 Å². The van der Waals surface area contributed by atoms with E-state index in [0.717, 1.165) is 90.6 Å². The van der Waals surface area contributed by atoms with Crippen molar-refractivity contribution < 1.29 is 34.8 Å². The van der Waals surface area contributed by atoms with Crippen LogP contribution in [0.2, 0.25) is 0 Å². The van der Waals surface area contributed by atoms with E-state index in [9.17, 15) is 30.0 Å². The molecule has 0 spiro atoms. The Morgan fingerprint density at radius 2 is 1.73 bits per heavy atom. The number of nitrogens with one attached hydrogen (secondary N) is 1. The van der Waals surface area contributed by atoms with Crippen LogP contribution in [0, 0.1) is 34.5 Å². The number of phenolic OH excluding ortho intramolecular Hbond substituents is 2. The molecular weight excluding hydrogens is 879 g/mol. The third kappa shape index (κ3) is 10.4. The van der Waals surface area contributed by atoms with Crippen molar-refractivity contribution in [1.29, 1.82) is 0 Å². The third-order valence-electron chi connectivity index (χ3n) is 15.9. The largest absolute Gasteiger partial charge is 0.508 e. The number of rotatable bonds is 6. The number of allylic oxidation sites excluding steroid dienone is 2. The maximum Gasteiger partial charge on any atom is 0.165 e. The number of carbonyl (C=O) groups excluding carboxylic acids is 2. The number of H-pyrrole nitrogens is 1. The maximum atomic E-state index is 14.2. The average molecular weight is 944 g/mol. The number of aromatic amines is 1. The van der Waals surface area contributed by atoms with Gasteiger partial charge in [-0.3, -0.25) is 9.59 Å². The molecule has 10 nitrogen and oxygen atoms in total. The van der Waals surface area contributed by atoms with E-state index in [-0.39, 0.29) is 53.0 Å². The molecule has 8 bridgehead atoms. The second-order valence-corrected chi connectivity index (χ2v) is 22.5. The van der Waals surface area contributed by atoms with Crippen molar-refractivity contribution in [3.05, 3.63) is 123 Å². The van der Waals surface area contributed by atoms with E-state index in [0.29, 0.717) is 72.1 Å². The summed E-state index contributed by atoms with van der Waals surface area (Å²) in [5.74, 6) is 8.47. The number of hydrogen-bond donors (Lipinski definition) is 7. The van der Waals surface area contributed by atoms with Crippen molar-refractivity contribution in [3.8, 4) is 29.1 Å². The lowest BCUT2D eigenvalue weighted by atomic mass is 9.62. The van der Waals surface area contributed by atoms with E-state index in [2.05, 4.69) is 29.0 Å². The Hall–Kier alpha value is -4.48. The van der Waals surface area contributed by atoms with E-state index in [1.54, 1.807) is 58.1 Å². The van der Waals surface area contributed by atoms with Crippen molar-refractivity contribution in [2.45, 2.75) is 133 Å². The summed E-state index contributed by atoms with van der Waals surface area (Å²) in [7, 11) is 3.45. The number of aliphatic hydroxyl groups is 2. The number of aryl methyl sites for hydroxylation is 1. The van der Waals surface area contributed by atoms with Crippen molar-refractivity contribution in [1.82, 2.24) is 4.98 Å². The summed E-state index contributed by atoms with van der Waals surface area (Å²) >= 11 is 0. The summed E-state index contributed by atoms with van der Waals surface area (Å²) in [5.41, 5.74) is 19.2. The number of nitrogens with two attached hydrogens (primary N) is 2. The zero-order valence-corrected chi connectivity index (χ0v) is 39.9. The highest BCUT2D eigenvalue weighted by atomic mass is 33.1. The molecule has 3 fully saturated rings. The van der Waals surface area contributed by atoms with Crippen LogP contribution in [0.4, 0.5) is 0 Å². The predicted octanol–water partition coefficient (Wildman–Crippen LogP) is 9.49. The lowest BCUT2D eigenvalue weighted by molar-refractivity contribution is -0.114. The second kappa shape index (κ2) is 20.6. The first kappa shape index (κ1) is 47.6. The smallest absolute Gasteiger partial charge is 0.165 e. The zero-order chi connectivity index (χ0) is 46.7. The average Bonchev–Trinajstić information content (AvgIpc) is 4.08. The van der Waals surface area contributed by atoms with E-state index in [1.165, 1.54) is 12.8 Å². The predicted molar refractivity (Wildman–Crippen MR) is 266 cm³/mol. The Kier molecular flexibility index (Phi) is 14.6. The summed E-state index contributed by atoms with van der Waals surface area (Å²) in [6.45, 7) is 0.230.